The molecule has 1 aromatic carbocycles. The number of halogens is 1. The van der Waals surface area contributed by atoms with E-state index in [-0.39, 0.29) is 11.8 Å². The van der Waals surface area contributed by atoms with Crippen molar-refractivity contribution in [2.45, 2.75) is 12.8 Å². The van der Waals surface area contributed by atoms with E-state index in [1.807, 2.05) is 31.1 Å². The topological polar surface area (TPSA) is 38.8 Å². The van der Waals surface area contributed by atoms with Gasteiger partial charge in [0.15, 0.2) is 0 Å². The maximum atomic E-state index is 12.9. The molecule has 134 valence electrons. The molecule has 0 radical (unpaired) electrons. The Balaban J connectivity index is 1.62. The van der Waals surface area contributed by atoms with Crippen molar-refractivity contribution in [3.63, 3.8) is 0 Å². The molecule has 1 heterocycles. The number of rotatable bonds is 7. The number of carbonyl (C=O) groups is 1. The van der Waals surface area contributed by atoms with E-state index in [9.17, 15) is 9.18 Å². The molecule has 1 aliphatic heterocycles. The van der Waals surface area contributed by atoms with Crippen molar-refractivity contribution in [1.29, 1.82) is 0 Å². The molecule has 24 heavy (non-hydrogen) atoms. The van der Waals surface area contributed by atoms with E-state index in [1.54, 1.807) is 0 Å². The quantitative estimate of drug-likeness (QED) is 0.770. The molecule has 0 unspecified atom stereocenters. The molecule has 0 bridgehead atoms. The summed E-state index contributed by atoms with van der Waals surface area (Å²) in [7, 11) is 4.07. The Hall–Kier alpha value is -1.66. The second kappa shape index (κ2) is 9.59. The highest BCUT2D eigenvalue weighted by Crippen LogP contribution is 2.07. The van der Waals surface area contributed by atoms with Gasteiger partial charge in [0.05, 0.1) is 0 Å². The fourth-order valence-corrected chi connectivity index (χ4v) is 2.82. The van der Waals surface area contributed by atoms with Gasteiger partial charge in [-0.2, -0.15) is 0 Å². The molecule has 1 fully saturated rings. The van der Waals surface area contributed by atoms with Crippen LogP contribution in [0.3, 0.4) is 0 Å². The molecule has 5 nitrogen and oxygen atoms in total. The molecule has 2 amide bonds. The fourth-order valence-electron chi connectivity index (χ4n) is 2.82. The van der Waals surface area contributed by atoms with E-state index >= 15 is 0 Å². The molecule has 6 heteroatoms. The number of hydrogen-bond acceptors (Lipinski definition) is 3. The van der Waals surface area contributed by atoms with Crippen LogP contribution in [0.25, 0.3) is 0 Å². The van der Waals surface area contributed by atoms with Gasteiger partial charge in [0.25, 0.3) is 0 Å². The summed E-state index contributed by atoms with van der Waals surface area (Å²) >= 11 is 0. The molecule has 2 rings (SSSR count). The first-order chi connectivity index (χ1) is 11.5. The van der Waals surface area contributed by atoms with Gasteiger partial charge in [-0.3, -0.25) is 4.90 Å². The van der Waals surface area contributed by atoms with Crippen molar-refractivity contribution < 1.29 is 9.18 Å². The maximum absolute atomic E-state index is 12.9. The zero-order valence-electron chi connectivity index (χ0n) is 14.8. The summed E-state index contributed by atoms with van der Waals surface area (Å²) in [6, 6.07) is 6.74. The van der Waals surface area contributed by atoms with Crippen molar-refractivity contribution in [2.24, 2.45) is 0 Å². The van der Waals surface area contributed by atoms with E-state index in [0.717, 1.165) is 64.2 Å². The molecule has 1 aromatic rings. The van der Waals surface area contributed by atoms with Gasteiger partial charge in [-0.15, -0.1) is 0 Å². The van der Waals surface area contributed by atoms with Crippen molar-refractivity contribution in [3.8, 4) is 0 Å². The zero-order chi connectivity index (χ0) is 17.4. The van der Waals surface area contributed by atoms with Gasteiger partial charge >= 0.3 is 6.03 Å². The van der Waals surface area contributed by atoms with Crippen LogP contribution in [0.2, 0.25) is 0 Å². The Morgan fingerprint density at radius 2 is 1.83 bits per heavy atom. The normalized spacial score (nSPS) is 15.8. The van der Waals surface area contributed by atoms with Crippen LogP contribution in [0.1, 0.15) is 12.0 Å². The predicted molar refractivity (Wildman–Crippen MR) is 94.7 cm³/mol. The minimum atomic E-state index is -0.191. The maximum Gasteiger partial charge on any atom is 0.317 e. The Morgan fingerprint density at radius 3 is 2.46 bits per heavy atom. The molecule has 1 N–H and O–H groups in total. The average molecular weight is 336 g/mol. The van der Waals surface area contributed by atoms with Crippen molar-refractivity contribution in [3.05, 3.63) is 35.6 Å². The minimum absolute atomic E-state index is 0.0481. The SMILES string of the molecule is CN(C)CCCNC(=O)N1CCN(CCc2ccc(F)cc2)CC1. The molecule has 0 aromatic heterocycles. The zero-order valence-corrected chi connectivity index (χ0v) is 14.8. The minimum Gasteiger partial charge on any atom is -0.338 e. The number of amides is 2. The molecule has 0 spiro atoms. The fraction of sp³-hybridized carbons (Fsp3) is 0.611. The summed E-state index contributed by atoms with van der Waals surface area (Å²) in [6.45, 7) is 5.98. The number of nitrogens with one attached hydrogen (secondary N) is 1. The van der Waals surface area contributed by atoms with E-state index in [0.29, 0.717) is 0 Å². The molecular weight excluding hydrogens is 307 g/mol. The van der Waals surface area contributed by atoms with Crippen molar-refractivity contribution in [2.75, 3.05) is 59.9 Å². The van der Waals surface area contributed by atoms with Gasteiger partial charge in [0, 0.05) is 39.3 Å². The highest BCUT2D eigenvalue weighted by molar-refractivity contribution is 5.74. The van der Waals surface area contributed by atoms with Crippen LogP contribution in [-0.2, 0) is 6.42 Å². The first-order valence-corrected chi connectivity index (χ1v) is 8.69. The lowest BCUT2D eigenvalue weighted by molar-refractivity contribution is 0.140. The van der Waals surface area contributed by atoms with Crippen LogP contribution in [0, 0.1) is 5.82 Å². The average Bonchev–Trinajstić information content (AvgIpc) is 2.58. The van der Waals surface area contributed by atoms with E-state index in [4.69, 9.17) is 0 Å². The van der Waals surface area contributed by atoms with Crippen LogP contribution < -0.4 is 5.32 Å². The summed E-state index contributed by atoms with van der Waals surface area (Å²) in [5.41, 5.74) is 1.15. The molecule has 0 atom stereocenters. The van der Waals surface area contributed by atoms with Crippen LogP contribution in [0.15, 0.2) is 24.3 Å². The highest BCUT2D eigenvalue weighted by atomic mass is 19.1. The number of carbonyl (C=O) groups excluding carboxylic acids is 1. The number of urea groups is 1. The summed E-state index contributed by atoms with van der Waals surface area (Å²) in [5.74, 6) is -0.191. The molecular formula is C18H29FN4O. The van der Waals surface area contributed by atoms with Gasteiger partial charge in [-0.25, -0.2) is 9.18 Å². The Morgan fingerprint density at radius 1 is 1.17 bits per heavy atom. The van der Waals surface area contributed by atoms with Crippen LogP contribution in [-0.4, -0.2) is 80.6 Å². The second-order valence-corrected chi connectivity index (χ2v) is 6.59. The van der Waals surface area contributed by atoms with Gasteiger partial charge < -0.3 is 15.1 Å². The third-order valence-corrected chi connectivity index (χ3v) is 4.35. The highest BCUT2D eigenvalue weighted by Gasteiger charge is 2.20. The molecule has 0 saturated carbocycles. The Kier molecular flexibility index (Phi) is 7.46. The molecule has 1 aliphatic rings. The van der Waals surface area contributed by atoms with E-state index in [1.165, 1.54) is 12.1 Å². The van der Waals surface area contributed by atoms with Crippen molar-refractivity contribution >= 4 is 6.03 Å². The lowest BCUT2D eigenvalue weighted by Gasteiger charge is -2.34. The van der Waals surface area contributed by atoms with Gasteiger partial charge in [-0.05, 0) is 51.2 Å². The first kappa shape index (κ1) is 18.7. The van der Waals surface area contributed by atoms with Crippen LogP contribution >= 0.6 is 0 Å². The molecule has 1 saturated heterocycles. The summed E-state index contributed by atoms with van der Waals surface area (Å²) < 4.78 is 12.9. The van der Waals surface area contributed by atoms with Gasteiger partial charge in [0.2, 0.25) is 0 Å². The third kappa shape index (κ3) is 6.45. The second-order valence-electron chi connectivity index (χ2n) is 6.59. The summed E-state index contributed by atoms with van der Waals surface area (Å²) in [6.07, 6.45) is 1.88. The monoisotopic (exact) mass is 336 g/mol. The summed E-state index contributed by atoms with van der Waals surface area (Å²) in [4.78, 5) is 18.5. The lowest BCUT2D eigenvalue weighted by atomic mass is 10.1. The number of piperazine rings is 1. The summed E-state index contributed by atoms with van der Waals surface area (Å²) in [5, 5.41) is 2.99. The first-order valence-electron chi connectivity index (χ1n) is 8.69. The standard InChI is InChI=1S/C18H29FN4O/c1-21(2)10-3-9-20-18(24)23-14-12-22(13-15-23)11-8-16-4-6-17(19)7-5-16/h4-7H,3,8-15H2,1-2H3,(H,20,24). The van der Waals surface area contributed by atoms with E-state index < -0.39 is 0 Å². The third-order valence-electron chi connectivity index (χ3n) is 4.35. The number of nitrogens with zero attached hydrogens (tertiary/aromatic N) is 3. The van der Waals surface area contributed by atoms with Crippen LogP contribution in [0.5, 0.6) is 0 Å². The lowest BCUT2D eigenvalue weighted by Crippen LogP contribution is -2.52. The number of hydrogen-bond donors (Lipinski definition) is 1. The largest absolute Gasteiger partial charge is 0.338 e. The Labute approximate surface area is 144 Å². The van der Waals surface area contributed by atoms with Gasteiger partial charge in [0.1, 0.15) is 5.82 Å². The van der Waals surface area contributed by atoms with Crippen LogP contribution in [0.4, 0.5) is 9.18 Å². The van der Waals surface area contributed by atoms with E-state index in [2.05, 4.69) is 15.1 Å². The predicted octanol–water partition coefficient (Wildman–Crippen LogP) is 1.65. The van der Waals surface area contributed by atoms with Gasteiger partial charge in [-0.1, -0.05) is 12.1 Å². The number of benzene rings is 1. The smallest absolute Gasteiger partial charge is 0.317 e. The molecule has 0 aliphatic carbocycles. The van der Waals surface area contributed by atoms with Crippen molar-refractivity contribution in [1.82, 2.24) is 20.0 Å². The Bertz CT molecular complexity index is 498.